The molecule has 2 aromatic rings. The fourth-order valence-electron chi connectivity index (χ4n) is 2.02. The number of nitrogens with zero attached hydrogens (tertiary/aromatic N) is 1. The van der Waals surface area contributed by atoms with E-state index in [2.05, 4.69) is 37.9 Å². The third-order valence-corrected chi connectivity index (χ3v) is 3.26. The Balaban J connectivity index is 2.31. The van der Waals surface area contributed by atoms with Crippen LogP contribution in [0.15, 0.2) is 28.7 Å². The molecule has 4 nitrogen and oxygen atoms in total. The predicted molar refractivity (Wildman–Crippen MR) is 81.3 cm³/mol. The number of hydrogen-bond donors (Lipinski definition) is 0. The van der Waals surface area contributed by atoms with Crippen molar-refractivity contribution in [2.75, 3.05) is 6.61 Å². The molecule has 21 heavy (non-hydrogen) atoms. The summed E-state index contributed by atoms with van der Waals surface area (Å²) in [7, 11) is 0. The number of benzene rings is 1. The molecule has 0 amide bonds. The lowest BCUT2D eigenvalue weighted by atomic mass is 9.87. The number of aryl methyl sites for hydroxylation is 1. The predicted octanol–water partition coefficient (Wildman–Crippen LogP) is 4.12. The summed E-state index contributed by atoms with van der Waals surface area (Å²) in [6.07, 6.45) is 0. The Morgan fingerprint density at radius 1 is 1.24 bits per heavy atom. The number of hydrogen-bond acceptors (Lipinski definition) is 4. The van der Waals surface area contributed by atoms with Crippen LogP contribution in [-0.2, 0) is 10.2 Å². The number of oxazole rings is 1. The molecule has 0 spiro atoms. The smallest absolute Gasteiger partial charge is 0.360 e. The highest BCUT2D eigenvalue weighted by Gasteiger charge is 2.19. The highest BCUT2D eigenvalue weighted by molar-refractivity contribution is 5.88. The number of esters is 1. The lowest BCUT2D eigenvalue weighted by molar-refractivity contribution is 0.0518. The maximum absolute atomic E-state index is 11.8. The molecular weight excluding hydrogens is 266 g/mol. The fraction of sp³-hybridized carbons (Fsp3) is 0.412. The summed E-state index contributed by atoms with van der Waals surface area (Å²) >= 11 is 0. The molecule has 0 atom stereocenters. The highest BCUT2D eigenvalue weighted by atomic mass is 16.5. The van der Waals surface area contributed by atoms with E-state index >= 15 is 0 Å². The van der Waals surface area contributed by atoms with Crippen LogP contribution in [0.4, 0.5) is 0 Å². The molecule has 0 bridgehead atoms. The molecule has 0 aliphatic rings. The van der Waals surface area contributed by atoms with E-state index in [-0.39, 0.29) is 11.1 Å². The van der Waals surface area contributed by atoms with Crippen molar-refractivity contribution < 1.29 is 13.9 Å². The maximum atomic E-state index is 11.8. The zero-order valence-corrected chi connectivity index (χ0v) is 13.2. The average molecular weight is 287 g/mol. The highest BCUT2D eigenvalue weighted by Crippen LogP contribution is 2.27. The topological polar surface area (TPSA) is 52.3 Å². The van der Waals surface area contributed by atoms with Crippen LogP contribution < -0.4 is 0 Å². The van der Waals surface area contributed by atoms with E-state index in [0.717, 1.165) is 5.56 Å². The Labute approximate surface area is 125 Å². The quantitative estimate of drug-likeness (QED) is 0.797. The van der Waals surface area contributed by atoms with Crippen molar-refractivity contribution in [3.05, 3.63) is 41.3 Å². The van der Waals surface area contributed by atoms with Gasteiger partial charge in [-0.1, -0.05) is 32.9 Å². The van der Waals surface area contributed by atoms with E-state index in [9.17, 15) is 4.79 Å². The van der Waals surface area contributed by atoms with Gasteiger partial charge in [-0.15, -0.1) is 0 Å². The first-order valence-electron chi connectivity index (χ1n) is 7.08. The van der Waals surface area contributed by atoms with Gasteiger partial charge in [0.1, 0.15) is 5.76 Å². The van der Waals surface area contributed by atoms with E-state index in [0.29, 0.717) is 18.3 Å². The van der Waals surface area contributed by atoms with Crippen LogP contribution in [0.3, 0.4) is 0 Å². The van der Waals surface area contributed by atoms with Crippen LogP contribution in [0.25, 0.3) is 11.5 Å². The molecule has 0 saturated carbocycles. The van der Waals surface area contributed by atoms with Crippen LogP contribution >= 0.6 is 0 Å². The normalized spacial score (nSPS) is 11.5. The lowest BCUT2D eigenvalue weighted by Crippen LogP contribution is -2.10. The summed E-state index contributed by atoms with van der Waals surface area (Å²) < 4.78 is 10.5. The summed E-state index contributed by atoms with van der Waals surface area (Å²) in [5.74, 6) is 0.468. The number of aromatic nitrogens is 1. The zero-order valence-electron chi connectivity index (χ0n) is 13.2. The van der Waals surface area contributed by atoms with Gasteiger partial charge in [-0.2, -0.15) is 0 Å². The van der Waals surface area contributed by atoms with Gasteiger partial charge in [0.05, 0.1) is 6.61 Å². The first-order valence-corrected chi connectivity index (χ1v) is 7.08. The van der Waals surface area contributed by atoms with Crippen LogP contribution in [0.1, 0.15) is 49.5 Å². The molecule has 1 aromatic heterocycles. The number of carbonyl (C=O) groups is 1. The minimum absolute atomic E-state index is 0.0983. The second-order valence-electron chi connectivity index (χ2n) is 5.97. The fourth-order valence-corrected chi connectivity index (χ4v) is 2.02. The molecule has 0 N–H and O–H groups in total. The average Bonchev–Trinajstić information content (AvgIpc) is 2.80. The summed E-state index contributed by atoms with van der Waals surface area (Å²) in [6, 6.07) is 8.03. The van der Waals surface area contributed by atoms with Gasteiger partial charge in [-0.05, 0) is 37.0 Å². The van der Waals surface area contributed by atoms with Crippen LogP contribution in [0.2, 0.25) is 0 Å². The van der Waals surface area contributed by atoms with E-state index in [1.807, 2.05) is 12.1 Å². The number of carbonyl (C=O) groups excluding carboxylic acids is 1. The maximum Gasteiger partial charge on any atom is 0.360 e. The largest absolute Gasteiger partial charge is 0.461 e. The van der Waals surface area contributed by atoms with E-state index < -0.39 is 5.97 Å². The van der Waals surface area contributed by atoms with Gasteiger partial charge in [0, 0.05) is 5.56 Å². The molecule has 4 heteroatoms. The van der Waals surface area contributed by atoms with Crippen molar-refractivity contribution in [1.82, 2.24) is 4.98 Å². The van der Waals surface area contributed by atoms with E-state index in [1.165, 1.54) is 5.56 Å². The van der Waals surface area contributed by atoms with Gasteiger partial charge in [-0.25, -0.2) is 9.78 Å². The Hall–Kier alpha value is -2.10. The third-order valence-electron chi connectivity index (χ3n) is 3.26. The van der Waals surface area contributed by atoms with Crippen molar-refractivity contribution in [2.24, 2.45) is 0 Å². The lowest BCUT2D eigenvalue weighted by Gasteiger charge is -2.18. The molecule has 0 saturated heterocycles. The third kappa shape index (κ3) is 3.32. The van der Waals surface area contributed by atoms with Gasteiger partial charge in [-0.3, -0.25) is 0 Å². The number of ether oxygens (including phenoxy) is 1. The summed E-state index contributed by atoms with van der Waals surface area (Å²) in [5, 5.41) is 0. The second-order valence-corrected chi connectivity index (χ2v) is 5.97. The molecule has 2 rings (SSSR count). The Morgan fingerprint density at radius 3 is 2.38 bits per heavy atom. The van der Waals surface area contributed by atoms with Crippen molar-refractivity contribution in [3.63, 3.8) is 0 Å². The minimum atomic E-state index is -0.448. The molecule has 0 aliphatic heterocycles. The summed E-state index contributed by atoms with van der Waals surface area (Å²) in [6.45, 7) is 10.3. The Bertz CT molecular complexity index is 633. The monoisotopic (exact) mass is 287 g/mol. The summed E-state index contributed by atoms with van der Waals surface area (Å²) in [4.78, 5) is 16.0. The molecule has 0 aliphatic carbocycles. The molecule has 0 fully saturated rings. The van der Waals surface area contributed by atoms with E-state index in [4.69, 9.17) is 9.15 Å². The molecule has 1 heterocycles. The first-order chi connectivity index (χ1) is 9.82. The Morgan fingerprint density at radius 2 is 1.86 bits per heavy atom. The van der Waals surface area contributed by atoms with Crippen molar-refractivity contribution in [1.29, 1.82) is 0 Å². The van der Waals surface area contributed by atoms with Gasteiger partial charge in [0.2, 0.25) is 5.89 Å². The van der Waals surface area contributed by atoms with Crippen molar-refractivity contribution in [3.8, 4) is 11.5 Å². The van der Waals surface area contributed by atoms with Gasteiger partial charge in [0.15, 0.2) is 5.69 Å². The van der Waals surface area contributed by atoms with Gasteiger partial charge in [0.25, 0.3) is 0 Å². The van der Waals surface area contributed by atoms with Crippen LogP contribution in [0.5, 0.6) is 0 Å². The summed E-state index contributed by atoms with van der Waals surface area (Å²) in [5.41, 5.74) is 2.43. The molecule has 0 unspecified atom stereocenters. The van der Waals surface area contributed by atoms with Gasteiger partial charge < -0.3 is 9.15 Å². The number of rotatable bonds is 3. The van der Waals surface area contributed by atoms with Crippen molar-refractivity contribution in [2.45, 2.75) is 40.0 Å². The van der Waals surface area contributed by atoms with Crippen LogP contribution in [-0.4, -0.2) is 17.6 Å². The minimum Gasteiger partial charge on any atom is -0.461 e. The van der Waals surface area contributed by atoms with E-state index in [1.54, 1.807) is 13.8 Å². The standard InChI is InChI=1S/C17H21NO3/c1-6-20-16(19)14-11(2)21-15(18-14)12-7-9-13(10-8-12)17(3,4)5/h7-10H,6H2,1-5H3. The van der Waals surface area contributed by atoms with Gasteiger partial charge >= 0.3 is 5.97 Å². The SMILES string of the molecule is CCOC(=O)c1nc(-c2ccc(C(C)(C)C)cc2)oc1C. The van der Waals surface area contributed by atoms with Crippen molar-refractivity contribution >= 4 is 5.97 Å². The molecule has 0 radical (unpaired) electrons. The first kappa shape index (κ1) is 15.3. The molecular formula is C17H21NO3. The zero-order chi connectivity index (χ0) is 15.6. The second kappa shape index (κ2) is 5.72. The Kier molecular flexibility index (Phi) is 4.16. The molecule has 112 valence electrons. The molecule has 1 aromatic carbocycles. The van der Waals surface area contributed by atoms with Crippen LogP contribution in [0, 0.1) is 6.92 Å².